The van der Waals surface area contributed by atoms with Gasteiger partial charge in [-0.05, 0) is 36.8 Å². The zero-order chi connectivity index (χ0) is 22.3. The molecule has 0 aliphatic carbocycles. The van der Waals surface area contributed by atoms with Gasteiger partial charge in [0.15, 0.2) is 23.9 Å². The van der Waals surface area contributed by atoms with Gasteiger partial charge in [-0.1, -0.05) is 29.3 Å². The number of hydrogen-bond acceptors (Lipinski definition) is 6. The van der Waals surface area contributed by atoms with Crippen LogP contribution in [0.4, 0.5) is 14.6 Å². The van der Waals surface area contributed by atoms with Crippen molar-refractivity contribution >= 4 is 47.0 Å². The topological polar surface area (TPSA) is 86.8 Å². The number of rotatable bonds is 8. The van der Waals surface area contributed by atoms with Crippen molar-refractivity contribution in [1.29, 1.82) is 0 Å². The molecule has 0 atom stereocenters. The molecule has 1 amide bonds. The van der Waals surface area contributed by atoms with Gasteiger partial charge in [-0.3, -0.25) is 4.79 Å². The lowest BCUT2D eigenvalue weighted by Gasteiger charge is -2.10. The van der Waals surface area contributed by atoms with Crippen LogP contribution in [0.2, 0.25) is 10.0 Å². The second-order valence-corrected chi connectivity index (χ2v) is 6.48. The summed E-state index contributed by atoms with van der Waals surface area (Å²) in [6.45, 7) is -1.93. The molecule has 0 saturated heterocycles. The second kappa shape index (κ2) is 10.7. The van der Waals surface area contributed by atoms with Gasteiger partial charge in [0.2, 0.25) is 0 Å². The number of carbonyl (C=O) groups is 2. The van der Waals surface area contributed by atoms with Crippen LogP contribution in [0.1, 0.15) is 11.3 Å². The van der Waals surface area contributed by atoms with Crippen LogP contribution >= 0.6 is 23.2 Å². The third kappa shape index (κ3) is 6.85. The molecule has 0 aliphatic heterocycles. The smallest absolute Gasteiger partial charge is 0.387 e. The number of anilines is 1. The van der Waals surface area contributed by atoms with Crippen molar-refractivity contribution in [2.24, 2.45) is 0 Å². The number of halogens is 4. The van der Waals surface area contributed by atoms with Crippen LogP contribution < -0.4 is 14.8 Å². The van der Waals surface area contributed by atoms with Gasteiger partial charge in [0.05, 0.1) is 22.8 Å². The number of ether oxygens (including phenoxy) is 3. The van der Waals surface area contributed by atoms with E-state index in [-0.39, 0.29) is 22.3 Å². The molecule has 7 nitrogen and oxygen atoms in total. The standard InChI is InChI=1S/C19H16Cl2F2N2O5/c1-10-12(20)8-13(21)18(24-10)25-16(26)9-29-17(27)6-4-11-3-5-14(30-19(22)23)15(7-11)28-2/h3-8,19H,9H2,1-2H3,(H,24,25,26)/b6-4+. The molecule has 0 unspecified atom stereocenters. The maximum atomic E-state index is 12.3. The van der Waals surface area contributed by atoms with Crippen LogP contribution in [0, 0.1) is 6.92 Å². The molecule has 1 heterocycles. The number of amides is 1. The Morgan fingerprint density at radius 2 is 1.93 bits per heavy atom. The van der Waals surface area contributed by atoms with Crippen molar-refractivity contribution in [3.63, 3.8) is 0 Å². The molecule has 1 aromatic carbocycles. The van der Waals surface area contributed by atoms with Gasteiger partial charge in [-0.25, -0.2) is 9.78 Å². The minimum atomic E-state index is -3.00. The van der Waals surface area contributed by atoms with E-state index < -0.39 is 25.1 Å². The molecule has 0 radical (unpaired) electrons. The number of alkyl halides is 2. The molecule has 0 fully saturated rings. The average Bonchev–Trinajstić information content (AvgIpc) is 2.69. The highest BCUT2D eigenvalue weighted by Gasteiger charge is 2.12. The summed E-state index contributed by atoms with van der Waals surface area (Å²) in [7, 11) is 1.29. The van der Waals surface area contributed by atoms with Gasteiger partial charge >= 0.3 is 12.6 Å². The first-order chi connectivity index (χ1) is 14.2. The Hall–Kier alpha value is -2.91. The van der Waals surface area contributed by atoms with Gasteiger partial charge < -0.3 is 19.5 Å². The molecule has 0 bridgehead atoms. The van der Waals surface area contributed by atoms with Gasteiger partial charge in [0, 0.05) is 6.08 Å². The first-order valence-electron chi connectivity index (χ1n) is 8.29. The maximum Gasteiger partial charge on any atom is 0.387 e. The summed E-state index contributed by atoms with van der Waals surface area (Å²) in [5, 5.41) is 2.90. The lowest BCUT2D eigenvalue weighted by atomic mass is 10.2. The third-order valence-electron chi connectivity index (χ3n) is 3.52. The Labute approximate surface area is 180 Å². The van der Waals surface area contributed by atoms with E-state index in [1.807, 2.05) is 0 Å². The summed E-state index contributed by atoms with van der Waals surface area (Å²) in [5.41, 5.74) is 0.930. The highest BCUT2D eigenvalue weighted by Crippen LogP contribution is 2.30. The molecule has 1 N–H and O–H groups in total. The molecular weight excluding hydrogens is 445 g/mol. The summed E-state index contributed by atoms with van der Waals surface area (Å²) in [6, 6.07) is 5.54. The SMILES string of the molecule is COc1cc(/C=C/C(=O)OCC(=O)Nc2nc(C)c(Cl)cc2Cl)ccc1OC(F)F. The van der Waals surface area contributed by atoms with Gasteiger partial charge in [0.25, 0.3) is 5.91 Å². The quantitative estimate of drug-likeness (QED) is 0.460. The summed E-state index contributed by atoms with van der Waals surface area (Å²) in [5.74, 6) is -1.44. The van der Waals surface area contributed by atoms with E-state index in [2.05, 4.69) is 15.0 Å². The molecule has 0 spiro atoms. The van der Waals surface area contributed by atoms with Crippen molar-refractivity contribution < 1.29 is 32.6 Å². The number of esters is 1. The predicted octanol–water partition coefficient (Wildman–Crippen LogP) is 4.50. The van der Waals surface area contributed by atoms with Crippen LogP contribution in [0.5, 0.6) is 11.5 Å². The number of benzene rings is 1. The van der Waals surface area contributed by atoms with E-state index >= 15 is 0 Å². The number of aryl methyl sites for hydroxylation is 1. The summed E-state index contributed by atoms with van der Waals surface area (Å²) < 4.78 is 38.8. The van der Waals surface area contributed by atoms with Gasteiger partial charge in [-0.2, -0.15) is 8.78 Å². The number of methoxy groups -OCH3 is 1. The molecule has 1 aromatic heterocycles. The number of aromatic nitrogens is 1. The Bertz CT molecular complexity index is 970. The van der Waals surface area contributed by atoms with Crippen LogP contribution in [-0.2, 0) is 14.3 Å². The fraction of sp³-hybridized carbons (Fsp3) is 0.211. The zero-order valence-corrected chi connectivity index (χ0v) is 17.3. The summed E-state index contributed by atoms with van der Waals surface area (Å²) >= 11 is 11.8. The second-order valence-electron chi connectivity index (χ2n) is 5.66. The lowest BCUT2D eigenvalue weighted by Crippen LogP contribution is -2.21. The molecule has 0 saturated carbocycles. The average molecular weight is 461 g/mol. The minimum Gasteiger partial charge on any atom is -0.493 e. The number of nitrogens with zero attached hydrogens (tertiary/aromatic N) is 1. The third-order valence-corrected chi connectivity index (χ3v) is 4.19. The lowest BCUT2D eigenvalue weighted by molar-refractivity contribution is -0.142. The predicted molar refractivity (Wildman–Crippen MR) is 107 cm³/mol. The van der Waals surface area contributed by atoms with E-state index in [0.717, 1.165) is 6.08 Å². The van der Waals surface area contributed by atoms with Crippen molar-refractivity contribution in [3.8, 4) is 11.5 Å². The normalized spacial score (nSPS) is 10.9. The van der Waals surface area contributed by atoms with E-state index in [4.69, 9.17) is 32.7 Å². The number of hydrogen-bond donors (Lipinski definition) is 1. The molecule has 11 heteroatoms. The Morgan fingerprint density at radius 3 is 2.60 bits per heavy atom. The molecular formula is C19H16Cl2F2N2O5. The Balaban J connectivity index is 1.92. The number of carbonyl (C=O) groups excluding carboxylic acids is 2. The summed E-state index contributed by atoms with van der Waals surface area (Å²) in [6.07, 6.45) is 2.42. The first-order valence-corrected chi connectivity index (χ1v) is 9.05. The van der Waals surface area contributed by atoms with E-state index in [0.29, 0.717) is 16.3 Å². The number of pyridine rings is 1. The summed E-state index contributed by atoms with van der Waals surface area (Å²) in [4.78, 5) is 27.8. The maximum absolute atomic E-state index is 12.3. The Morgan fingerprint density at radius 1 is 1.20 bits per heavy atom. The molecule has 30 heavy (non-hydrogen) atoms. The van der Waals surface area contributed by atoms with Crippen molar-refractivity contribution in [2.75, 3.05) is 19.0 Å². The van der Waals surface area contributed by atoms with Gasteiger partial charge in [0.1, 0.15) is 0 Å². The molecule has 160 valence electrons. The highest BCUT2D eigenvalue weighted by atomic mass is 35.5. The van der Waals surface area contributed by atoms with Crippen molar-refractivity contribution in [1.82, 2.24) is 4.98 Å². The van der Waals surface area contributed by atoms with E-state index in [1.165, 1.54) is 37.5 Å². The minimum absolute atomic E-state index is 0.0628. The fourth-order valence-electron chi connectivity index (χ4n) is 2.14. The monoisotopic (exact) mass is 460 g/mol. The van der Waals surface area contributed by atoms with E-state index in [9.17, 15) is 18.4 Å². The van der Waals surface area contributed by atoms with Crippen LogP contribution in [-0.4, -0.2) is 37.2 Å². The van der Waals surface area contributed by atoms with Crippen molar-refractivity contribution in [3.05, 3.63) is 51.6 Å². The Kier molecular flexibility index (Phi) is 8.37. The fourth-order valence-corrected chi connectivity index (χ4v) is 2.55. The van der Waals surface area contributed by atoms with Gasteiger partial charge in [-0.15, -0.1) is 0 Å². The van der Waals surface area contributed by atoms with E-state index in [1.54, 1.807) is 6.92 Å². The van der Waals surface area contributed by atoms with Crippen molar-refractivity contribution in [2.45, 2.75) is 13.5 Å². The molecule has 2 rings (SSSR count). The highest BCUT2D eigenvalue weighted by molar-refractivity contribution is 6.36. The van der Waals surface area contributed by atoms with Crippen LogP contribution in [0.3, 0.4) is 0 Å². The van der Waals surface area contributed by atoms with Crippen LogP contribution in [0.25, 0.3) is 6.08 Å². The number of nitrogens with one attached hydrogen (secondary N) is 1. The molecule has 2 aromatic rings. The van der Waals surface area contributed by atoms with Crippen LogP contribution in [0.15, 0.2) is 30.3 Å². The zero-order valence-electron chi connectivity index (χ0n) is 15.7. The largest absolute Gasteiger partial charge is 0.493 e. The molecule has 0 aliphatic rings. The first kappa shape index (κ1) is 23.4.